The van der Waals surface area contributed by atoms with Crippen LogP contribution in [0.3, 0.4) is 0 Å². The second-order valence-electron chi connectivity index (χ2n) is 11.2. The molecule has 0 fully saturated rings. The Morgan fingerprint density at radius 3 is 2.46 bits per heavy atom. The fourth-order valence-corrected chi connectivity index (χ4v) is 6.34. The Labute approximate surface area is 241 Å². The lowest BCUT2D eigenvalue weighted by atomic mass is 9.89. The topological polar surface area (TPSA) is 81.6 Å². The molecule has 1 amide bonds. The fraction of sp³-hybridized carbons (Fsp3) is 0.324. The molecule has 2 aliphatic rings. The summed E-state index contributed by atoms with van der Waals surface area (Å²) in [6.07, 6.45) is 8.63. The van der Waals surface area contributed by atoms with Crippen LogP contribution >= 0.6 is 0 Å². The van der Waals surface area contributed by atoms with Crippen LogP contribution in [0.15, 0.2) is 91.4 Å². The first-order valence-electron chi connectivity index (χ1n) is 14.6. The molecule has 1 aliphatic carbocycles. The number of benzene rings is 2. The molecule has 2 N–H and O–H groups in total. The number of rotatable bonds is 9. The van der Waals surface area contributed by atoms with E-state index in [1.165, 1.54) is 27.8 Å². The van der Waals surface area contributed by atoms with Gasteiger partial charge in [0.05, 0.1) is 17.8 Å². The minimum atomic E-state index is -0.852. The molecule has 3 heterocycles. The highest BCUT2D eigenvalue weighted by Crippen LogP contribution is 2.35. The van der Waals surface area contributed by atoms with E-state index < -0.39 is 6.09 Å². The first-order valence-corrected chi connectivity index (χ1v) is 14.6. The molecule has 6 rings (SSSR count). The van der Waals surface area contributed by atoms with Gasteiger partial charge in [-0.15, -0.1) is 0 Å². The largest absolute Gasteiger partial charge is 0.465 e. The van der Waals surface area contributed by atoms with Gasteiger partial charge in [-0.2, -0.15) is 0 Å². The quantitative estimate of drug-likeness (QED) is 0.278. The summed E-state index contributed by atoms with van der Waals surface area (Å²) in [6, 6.07) is 25.3. The van der Waals surface area contributed by atoms with Crippen molar-refractivity contribution < 1.29 is 9.90 Å². The number of hydrogen-bond acceptors (Lipinski definition) is 5. The van der Waals surface area contributed by atoms with Gasteiger partial charge in [0.2, 0.25) is 0 Å². The third-order valence-corrected chi connectivity index (χ3v) is 8.44. The number of pyridine rings is 2. The molecule has 0 spiro atoms. The van der Waals surface area contributed by atoms with Crippen molar-refractivity contribution in [3.05, 3.63) is 130 Å². The number of aromatic nitrogens is 2. The standard InChI is InChI=1S/C34H37N5O2/c40-34(41)39-23-30-8-2-1-7-29(30)18-31(39)24-38(32-11-3-9-28-10-5-17-37-33(28)32)22-26-14-12-25(13-15-26)19-36-21-27-6-4-16-35-20-27/h1-2,4-8,10,12-17,20,31-32,36H,3,9,11,18-19,21-24H2,(H,40,41). The molecule has 2 aromatic heterocycles. The molecule has 1 aliphatic heterocycles. The number of nitrogens with zero attached hydrogens (tertiary/aromatic N) is 4. The summed E-state index contributed by atoms with van der Waals surface area (Å²) in [4.78, 5) is 25.5. The van der Waals surface area contributed by atoms with Gasteiger partial charge in [0.25, 0.3) is 0 Å². The molecule has 0 radical (unpaired) electrons. The van der Waals surface area contributed by atoms with Gasteiger partial charge in [-0.3, -0.25) is 19.8 Å². The highest BCUT2D eigenvalue weighted by atomic mass is 16.4. The van der Waals surface area contributed by atoms with Crippen LogP contribution in [-0.2, 0) is 39.0 Å². The number of amides is 1. The number of carbonyl (C=O) groups is 1. The van der Waals surface area contributed by atoms with Crippen molar-refractivity contribution >= 4 is 6.09 Å². The summed E-state index contributed by atoms with van der Waals surface area (Å²) in [5.41, 5.74) is 8.44. The molecule has 210 valence electrons. The van der Waals surface area contributed by atoms with Gasteiger partial charge < -0.3 is 10.4 Å². The first kappa shape index (κ1) is 27.1. The lowest BCUT2D eigenvalue weighted by Crippen LogP contribution is -2.50. The molecule has 0 saturated carbocycles. The van der Waals surface area contributed by atoms with Crippen LogP contribution in [0.2, 0.25) is 0 Å². The van der Waals surface area contributed by atoms with Gasteiger partial charge >= 0.3 is 6.09 Å². The summed E-state index contributed by atoms with van der Waals surface area (Å²) in [5, 5.41) is 13.7. The van der Waals surface area contributed by atoms with E-state index in [2.05, 4.69) is 63.7 Å². The minimum Gasteiger partial charge on any atom is -0.465 e. The summed E-state index contributed by atoms with van der Waals surface area (Å²) >= 11 is 0. The predicted octanol–water partition coefficient (Wildman–Crippen LogP) is 5.75. The van der Waals surface area contributed by atoms with Crippen LogP contribution in [0.4, 0.5) is 4.79 Å². The second-order valence-corrected chi connectivity index (χ2v) is 11.2. The number of aryl methyl sites for hydroxylation is 1. The summed E-state index contributed by atoms with van der Waals surface area (Å²) in [7, 11) is 0. The highest BCUT2D eigenvalue weighted by molar-refractivity contribution is 5.66. The second kappa shape index (κ2) is 12.6. The van der Waals surface area contributed by atoms with E-state index >= 15 is 0 Å². The SMILES string of the molecule is O=C(O)N1Cc2ccccc2CC1CN(Cc1ccc(CNCc2cccnc2)cc1)C1CCCc2cccnc21. The lowest BCUT2D eigenvalue weighted by molar-refractivity contribution is 0.0755. The van der Waals surface area contributed by atoms with Crippen molar-refractivity contribution in [3.63, 3.8) is 0 Å². The zero-order valence-electron chi connectivity index (χ0n) is 23.3. The Morgan fingerprint density at radius 1 is 0.902 bits per heavy atom. The molecule has 7 nitrogen and oxygen atoms in total. The summed E-state index contributed by atoms with van der Waals surface area (Å²) in [5.74, 6) is 0. The number of nitrogens with one attached hydrogen (secondary N) is 1. The van der Waals surface area contributed by atoms with Crippen LogP contribution in [0, 0.1) is 0 Å². The van der Waals surface area contributed by atoms with Crippen molar-refractivity contribution in [2.75, 3.05) is 6.54 Å². The number of carboxylic acid groups (broad SMARTS) is 1. The Bertz CT molecular complexity index is 1460. The van der Waals surface area contributed by atoms with Crippen LogP contribution < -0.4 is 5.32 Å². The van der Waals surface area contributed by atoms with Crippen LogP contribution in [0.5, 0.6) is 0 Å². The normalized spacial score (nSPS) is 18.1. The Hall–Kier alpha value is -4.07. The molecule has 4 aromatic rings. The number of fused-ring (bicyclic) bond motifs is 2. The average Bonchev–Trinajstić information content (AvgIpc) is 3.01. The van der Waals surface area contributed by atoms with E-state index in [9.17, 15) is 9.90 Å². The van der Waals surface area contributed by atoms with Crippen molar-refractivity contribution in [3.8, 4) is 0 Å². The van der Waals surface area contributed by atoms with Gasteiger partial charge in [0, 0.05) is 51.3 Å². The first-order chi connectivity index (χ1) is 20.1. The highest BCUT2D eigenvalue weighted by Gasteiger charge is 2.34. The number of hydrogen-bond donors (Lipinski definition) is 2. The third kappa shape index (κ3) is 6.47. The maximum Gasteiger partial charge on any atom is 0.407 e. The zero-order chi connectivity index (χ0) is 28.0. The minimum absolute atomic E-state index is 0.118. The zero-order valence-corrected chi connectivity index (χ0v) is 23.3. The maximum atomic E-state index is 12.4. The van der Waals surface area contributed by atoms with Gasteiger partial charge in [0.1, 0.15) is 0 Å². The third-order valence-electron chi connectivity index (χ3n) is 8.44. The smallest absolute Gasteiger partial charge is 0.407 e. The van der Waals surface area contributed by atoms with Gasteiger partial charge in [-0.05, 0) is 71.2 Å². The van der Waals surface area contributed by atoms with E-state index in [1.807, 2.05) is 36.7 Å². The molecule has 0 bridgehead atoms. The summed E-state index contributed by atoms with van der Waals surface area (Å²) < 4.78 is 0. The molecular weight excluding hydrogens is 510 g/mol. The molecular formula is C34H37N5O2. The summed E-state index contributed by atoms with van der Waals surface area (Å²) in [6.45, 7) is 3.41. The van der Waals surface area contributed by atoms with Gasteiger partial charge in [0.15, 0.2) is 0 Å². The molecule has 2 atom stereocenters. The van der Waals surface area contributed by atoms with E-state index in [-0.39, 0.29) is 12.1 Å². The molecule has 2 aromatic carbocycles. The average molecular weight is 548 g/mol. The van der Waals surface area contributed by atoms with E-state index in [0.29, 0.717) is 13.1 Å². The van der Waals surface area contributed by atoms with Crippen molar-refractivity contribution in [1.29, 1.82) is 0 Å². The van der Waals surface area contributed by atoms with E-state index in [1.54, 1.807) is 11.1 Å². The predicted molar refractivity (Wildman–Crippen MR) is 159 cm³/mol. The van der Waals surface area contributed by atoms with Crippen LogP contribution in [0.1, 0.15) is 58.0 Å². The molecule has 0 saturated heterocycles. The Morgan fingerprint density at radius 2 is 1.66 bits per heavy atom. The van der Waals surface area contributed by atoms with E-state index in [4.69, 9.17) is 4.98 Å². The molecule has 2 unspecified atom stereocenters. The Balaban J connectivity index is 1.21. The van der Waals surface area contributed by atoms with Crippen LogP contribution in [0.25, 0.3) is 0 Å². The van der Waals surface area contributed by atoms with Crippen molar-refractivity contribution in [2.24, 2.45) is 0 Å². The van der Waals surface area contributed by atoms with Gasteiger partial charge in [-0.25, -0.2) is 4.79 Å². The lowest BCUT2D eigenvalue weighted by Gasteiger charge is -2.41. The van der Waals surface area contributed by atoms with Gasteiger partial charge in [-0.1, -0.05) is 60.7 Å². The van der Waals surface area contributed by atoms with Crippen molar-refractivity contribution in [2.45, 2.75) is 63.9 Å². The molecule has 7 heteroatoms. The molecule has 41 heavy (non-hydrogen) atoms. The fourth-order valence-electron chi connectivity index (χ4n) is 6.34. The van der Waals surface area contributed by atoms with Crippen molar-refractivity contribution in [1.82, 2.24) is 25.1 Å². The maximum absolute atomic E-state index is 12.4. The van der Waals surface area contributed by atoms with Crippen LogP contribution in [-0.4, -0.2) is 43.6 Å². The monoisotopic (exact) mass is 547 g/mol. The van der Waals surface area contributed by atoms with E-state index in [0.717, 1.165) is 56.6 Å². The Kier molecular flexibility index (Phi) is 8.35.